The Bertz CT molecular complexity index is 516. The molecule has 0 spiro atoms. The van der Waals surface area contributed by atoms with Crippen LogP contribution < -0.4 is 11.5 Å². The summed E-state index contributed by atoms with van der Waals surface area (Å²) in [6.07, 6.45) is -1.31. The predicted molar refractivity (Wildman–Crippen MR) is 63.9 cm³/mol. The van der Waals surface area contributed by atoms with Gasteiger partial charge in [-0.2, -0.15) is 17.6 Å². The highest BCUT2D eigenvalue weighted by Crippen LogP contribution is 2.43. The Balaban J connectivity index is 2.35. The highest BCUT2D eigenvalue weighted by atomic mass is 19.3. The number of rotatable bonds is 2. The first-order chi connectivity index (χ1) is 9.07. The molecule has 1 aromatic carbocycles. The summed E-state index contributed by atoms with van der Waals surface area (Å²) in [4.78, 5) is 0.706. The Kier molecular flexibility index (Phi) is 3.42. The quantitative estimate of drug-likeness (QED) is 0.650. The van der Waals surface area contributed by atoms with E-state index in [0.29, 0.717) is 10.5 Å². The average molecular weight is 295 g/mol. The molecule has 0 saturated carbocycles. The smallest absolute Gasteiger partial charge is 0.323 e. The van der Waals surface area contributed by atoms with Crippen LogP contribution in [0.1, 0.15) is 17.3 Å². The topological polar surface area (TPSA) is 55.3 Å². The molecule has 1 atom stereocenters. The van der Waals surface area contributed by atoms with Gasteiger partial charge in [0.1, 0.15) is 5.82 Å². The van der Waals surface area contributed by atoms with Crippen LogP contribution in [0.25, 0.3) is 0 Å². The van der Waals surface area contributed by atoms with Gasteiger partial charge >= 0.3 is 11.8 Å². The Hall–Kier alpha value is -1.41. The molecule has 8 heteroatoms. The Morgan fingerprint density at radius 2 is 1.65 bits per heavy atom. The van der Waals surface area contributed by atoms with Gasteiger partial charge in [-0.3, -0.25) is 4.90 Å². The van der Waals surface area contributed by atoms with E-state index in [9.17, 15) is 22.0 Å². The molecule has 2 rings (SSSR count). The third-order valence-corrected chi connectivity index (χ3v) is 3.48. The van der Waals surface area contributed by atoms with Crippen LogP contribution in [0, 0.1) is 12.7 Å². The lowest BCUT2D eigenvalue weighted by Crippen LogP contribution is -2.38. The number of halogens is 5. The van der Waals surface area contributed by atoms with Crippen molar-refractivity contribution in [2.45, 2.75) is 24.9 Å². The van der Waals surface area contributed by atoms with E-state index < -0.39 is 36.9 Å². The molecule has 1 fully saturated rings. The van der Waals surface area contributed by atoms with Crippen LogP contribution in [0.2, 0.25) is 0 Å². The van der Waals surface area contributed by atoms with E-state index in [1.165, 1.54) is 6.07 Å². The maximum absolute atomic E-state index is 13.4. The molecule has 4 N–H and O–H groups in total. The van der Waals surface area contributed by atoms with Crippen molar-refractivity contribution < 1.29 is 22.0 Å². The molecule has 1 aromatic rings. The number of benzene rings is 1. The SMILES string of the molecule is Cc1ccc(F)c(N)c1C(N)N1CC(F)(F)C(F)(F)C1. The van der Waals surface area contributed by atoms with Gasteiger partial charge in [0.15, 0.2) is 0 Å². The second-order valence-corrected chi connectivity index (χ2v) is 4.95. The summed E-state index contributed by atoms with van der Waals surface area (Å²) in [5, 5.41) is 0. The molecule has 0 radical (unpaired) electrons. The fourth-order valence-corrected chi connectivity index (χ4v) is 2.29. The molecule has 1 heterocycles. The van der Waals surface area contributed by atoms with Crippen molar-refractivity contribution in [2.75, 3.05) is 18.8 Å². The Labute approximate surface area is 112 Å². The van der Waals surface area contributed by atoms with Gasteiger partial charge in [0.05, 0.1) is 24.9 Å². The number of likely N-dealkylation sites (tertiary alicyclic amines) is 1. The number of nitrogen functional groups attached to an aromatic ring is 1. The molecule has 1 unspecified atom stereocenters. The summed E-state index contributed by atoms with van der Waals surface area (Å²) >= 11 is 0. The summed E-state index contributed by atoms with van der Waals surface area (Å²) in [5.41, 5.74) is 11.5. The second-order valence-electron chi connectivity index (χ2n) is 4.95. The molecule has 3 nitrogen and oxygen atoms in total. The standard InChI is InChI=1S/C12H14F5N3/c1-6-2-3-7(13)9(18)8(6)10(19)20-4-11(14,15)12(16,17)5-20/h2-3,10H,4-5,18-19H2,1H3. The first-order valence-corrected chi connectivity index (χ1v) is 5.86. The summed E-state index contributed by atoms with van der Waals surface area (Å²) in [6, 6.07) is 2.47. The lowest BCUT2D eigenvalue weighted by atomic mass is 10.0. The largest absolute Gasteiger partial charge is 0.396 e. The average Bonchev–Trinajstić information content (AvgIpc) is 2.54. The minimum absolute atomic E-state index is 0.0542. The van der Waals surface area contributed by atoms with Crippen LogP contribution in [0.5, 0.6) is 0 Å². The third-order valence-electron chi connectivity index (χ3n) is 3.48. The number of aryl methyl sites for hydroxylation is 1. The molecular formula is C12H14F5N3. The van der Waals surface area contributed by atoms with Gasteiger partial charge in [0.25, 0.3) is 0 Å². The molecule has 0 aliphatic carbocycles. The fraction of sp³-hybridized carbons (Fsp3) is 0.500. The molecule has 112 valence electrons. The van der Waals surface area contributed by atoms with E-state index in [0.717, 1.165) is 6.07 Å². The molecule has 1 aliphatic heterocycles. The number of hydrogen-bond donors (Lipinski definition) is 2. The zero-order valence-electron chi connectivity index (χ0n) is 10.6. The molecule has 0 bridgehead atoms. The van der Waals surface area contributed by atoms with E-state index >= 15 is 0 Å². The first-order valence-electron chi connectivity index (χ1n) is 5.86. The highest BCUT2D eigenvalue weighted by molar-refractivity contribution is 5.53. The van der Waals surface area contributed by atoms with Crippen molar-refractivity contribution in [2.24, 2.45) is 5.73 Å². The van der Waals surface area contributed by atoms with E-state index in [1.807, 2.05) is 0 Å². The maximum atomic E-state index is 13.4. The van der Waals surface area contributed by atoms with E-state index in [4.69, 9.17) is 11.5 Å². The fourth-order valence-electron chi connectivity index (χ4n) is 2.29. The van der Waals surface area contributed by atoms with E-state index in [-0.39, 0.29) is 11.3 Å². The van der Waals surface area contributed by atoms with Crippen molar-refractivity contribution in [3.63, 3.8) is 0 Å². The molecule has 1 saturated heterocycles. The van der Waals surface area contributed by atoms with Gasteiger partial charge in [-0.15, -0.1) is 0 Å². The number of hydrogen-bond acceptors (Lipinski definition) is 3. The van der Waals surface area contributed by atoms with Crippen molar-refractivity contribution in [1.82, 2.24) is 4.90 Å². The van der Waals surface area contributed by atoms with Crippen LogP contribution in [0.3, 0.4) is 0 Å². The van der Waals surface area contributed by atoms with Crippen LogP contribution in [-0.4, -0.2) is 29.8 Å². The van der Waals surface area contributed by atoms with Gasteiger partial charge in [-0.25, -0.2) is 4.39 Å². The molecule has 1 aliphatic rings. The number of nitrogens with zero attached hydrogens (tertiary/aromatic N) is 1. The molecular weight excluding hydrogens is 281 g/mol. The van der Waals surface area contributed by atoms with Crippen molar-refractivity contribution in [3.05, 3.63) is 29.1 Å². The summed E-state index contributed by atoms with van der Waals surface area (Å²) < 4.78 is 66.1. The molecule has 20 heavy (non-hydrogen) atoms. The van der Waals surface area contributed by atoms with Crippen LogP contribution in [0.4, 0.5) is 27.6 Å². The van der Waals surface area contributed by atoms with Gasteiger partial charge < -0.3 is 11.5 Å². The number of anilines is 1. The van der Waals surface area contributed by atoms with Gasteiger partial charge in [-0.1, -0.05) is 6.07 Å². The number of alkyl halides is 4. The predicted octanol–water partition coefficient (Wildman–Crippen LogP) is 2.26. The Morgan fingerprint density at radius 3 is 2.15 bits per heavy atom. The summed E-state index contributed by atoms with van der Waals surface area (Å²) in [7, 11) is 0. The second kappa shape index (κ2) is 4.56. The highest BCUT2D eigenvalue weighted by Gasteiger charge is 2.63. The normalized spacial score (nSPS) is 22.9. The zero-order chi connectivity index (χ0) is 15.3. The maximum Gasteiger partial charge on any atom is 0.323 e. The van der Waals surface area contributed by atoms with Gasteiger partial charge in [0, 0.05) is 5.56 Å². The van der Waals surface area contributed by atoms with E-state index in [2.05, 4.69) is 0 Å². The lowest BCUT2D eigenvalue weighted by molar-refractivity contribution is -0.172. The van der Waals surface area contributed by atoms with Gasteiger partial charge in [0.2, 0.25) is 0 Å². The van der Waals surface area contributed by atoms with Gasteiger partial charge in [-0.05, 0) is 18.6 Å². The monoisotopic (exact) mass is 295 g/mol. The molecule has 0 aromatic heterocycles. The van der Waals surface area contributed by atoms with E-state index in [1.54, 1.807) is 6.92 Å². The Morgan fingerprint density at radius 1 is 1.15 bits per heavy atom. The van der Waals surface area contributed by atoms with Crippen LogP contribution in [-0.2, 0) is 0 Å². The summed E-state index contributed by atoms with van der Waals surface area (Å²) in [5.74, 6) is -9.10. The first kappa shape index (κ1) is 15.0. The summed E-state index contributed by atoms with van der Waals surface area (Å²) in [6.45, 7) is -0.843. The van der Waals surface area contributed by atoms with Crippen LogP contribution in [0.15, 0.2) is 12.1 Å². The van der Waals surface area contributed by atoms with Crippen molar-refractivity contribution in [1.29, 1.82) is 0 Å². The lowest BCUT2D eigenvalue weighted by Gasteiger charge is -2.26. The third kappa shape index (κ3) is 2.22. The van der Waals surface area contributed by atoms with Crippen LogP contribution >= 0.6 is 0 Å². The minimum atomic E-state index is -4.17. The van der Waals surface area contributed by atoms with Crippen molar-refractivity contribution >= 4 is 5.69 Å². The molecule has 0 amide bonds. The minimum Gasteiger partial charge on any atom is -0.396 e. The number of nitrogens with two attached hydrogens (primary N) is 2. The zero-order valence-corrected chi connectivity index (χ0v) is 10.6. The van der Waals surface area contributed by atoms with Crippen molar-refractivity contribution in [3.8, 4) is 0 Å².